The molecule has 0 unspecified atom stereocenters. The Hall–Kier alpha value is -1.55. The molecule has 2 N–H and O–H groups in total. The van der Waals surface area contributed by atoms with Crippen molar-refractivity contribution in [3.8, 4) is 11.5 Å². The first-order valence-electron chi connectivity index (χ1n) is 5.05. The largest absolute Gasteiger partial charge is 0.457 e. The maximum atomic E-state index is 12.7. The summed E-state index contributed by atoms with van der Waals surface area (Å²) in [5.41, 5.74) is 7.34. The van der Waals surface area contributed by atoms with Crippen molar-refractivity contribution in [1.82, 2.24) is 0 Å². The van der Waals surface area contributed by atoms with E-state index in [0.717, 1.165) is 10.0 Å². The third-order valence-electron chi connectivity index (χ3n) is 2.41. The third-order valence-corrected chi connectivity index (χ3v) is 2.86. The Kier molecular flexibility index (Phi) is 3.33. The van der Waals surface area contributed by atoms with Gasteiger partial charge in [0.1, 0.15) is 17.3 Å². The fourth-order valence-electron chi connectivity index (χ4n) is 1.41. The molecule has 0 spiro atoms. The van der Waals surface area contributed by atoms with Crippen LogP contribution in [0.2, 0.25) is 0 Å². The first-order chi connectivity index (χ1) is 8.06. The molecule has 17 heavy (non-hydrogen) atoms. The Labute approximate surface area is 107 Å². The second kappa shape index (κ2) is 4.75. The molecule has 0 amide bonds. The van der Waals surface area contributed by atoms with Crippen LogP contribution in [0.4, 0.5) is 10.1 Å². The highest BCUT2D eigenvalue weighted by atomic mass is 79.9. The summed E-state index contributed by atoms with van der Waals surface area (Å²) in [6.07, 6.45) is 0. The lowest BCUT2D eigenvalue weighted by Gasteiger charge is -2.11. The molecular formula is C13H11BrFNO. The van der Waals surface area contributed by atoms with Crippen molar-refractivity contribution in [2.24, 2.45) is 0 Å². The van der Waals surface area contributed by atoms with Gasteiger partial charge in [0.25, 0.3) is 0 Å². The summed E-state index contributed by atoms with van der Waals surface area (Å²) in [4.78, 5) is 0. The van der Waals surface area contributed by atoms with Crippen LogP contribution >= 0.6 is 15.9 Å². The van der Waals surface area contributed by atoms with Gasteiger partial charge in [0, 0.05) is 15.7 Å². The van der Waals surface area contributed by atoms with Crippen LogP contribution in [-0.2, 0) is 0 Å². The number of rotatable bonds is 2. The van der Waals surface area contributed by atoms with Crippen LogP contribution in [0.15, 0.2) is 40.9 Å². The lowest BCUT2D eigenvalue weighted by molar-refractivity contribution is 0.477. The van der Waals surface area contributed by atoms with E-state index in [9.17, 15) is 4.39 Å². The maximum Gasteiger partial charge on any atom is 0.133 e. The van der Waals surface area contributed by atoms with Crippen LogP contribution in [0.25, 0.3) is 0 Å². The number of halogens is 2. The van der Waals surface area contributed by atoms with Gasteiger partial charge in [-0.25, -0.2) is 4.39 Å². The highest BCUT2D eigenvalue weighted by Gasteiger charge is 2.06. The van der Waals surface area contributed by atoms with Crippen molar-refractivity contribution in [3.05, 3.63) is 52.3 Å². The molecule has 0 aliphatic rings. The zero-order valence-corrected chi connectivity index (χ0v) is 10.8. The van der Waals surface area contributed by atoms with E-state index in [1.54, 1.807) is 12.1 Å². The van der Waals surface area contributed by atoms with E-state index in [4.69, 9.17) is 10.5 Å². The number of hydrogen-bond acceptors (Lipinski definition) is 2. The Balaban J connectivity index is 2.32. The van der Waals surface area contributed by atoms with Gasteiger partial charge >= 0.3 is 0 Å². The average Bonchev–Trinajstić information content (AvgIpc) is 2.28. The van der Waals surface area contributed by atoms with E-state index < -0.39 is 0 Å². The van der Waals surface area contributed by atoms with E-state index in [0.29, 0.717) is 17.2 Å². The van der Waals surface area contributed by atoms with Crippen molar-refractivity contribution < 1.29 is 9.13 Å². The van der Waals surface area contributed by atoms with Crippen LogP contribution < -0.4 is 10.5 Å². The van der Waals surface area contributed by atoms with E-state index in [1.807, 2.05) is 19.1 Å². The van der Waals surface area contributed by atoms with Gasteiger partial charge in [-0.05, 0) is 43.3 Å². The van der Waals surface area contributed by atoms with Gasteiger partial charge < -0.3 is 10.5 Å². The van der Waals surface area contributed by atoms with E-state index in [1.165, 1.54) is 12.1 Å². The SMILES string of the molecule is Cc1c(N)cc(Br)cc1Oc1ccc(F)cc1. The van der Waals surface area contributed by atoms with Gasteiger partial charge in [0.05, 0.1) is 0 Å². The second-order valence-electron chi connectivity index (χ2n) is 3.67. The molecule has 2 aromatic rings. The Morgan fingerprint density at radius 1 is 1.18 bits per heavy atom. The number of ether oxygens (including phenoxy) is 1. The highest BCUT2D eigenvalue weighted by molar-refractivity contribution is 9.10. The minimum absolute atomic E-state index is 0.289. The monoisotopic (exact) mass is 295 g/mol. The Bertz CT molecular complexity index is 540. The van der Waals surface area contributed by atoms with Gasteiger partial charge in [0.2, 0.25) is 0 Å². The molecule has 0 aliphatic heterocycles. The molecule has 2 aromatic carbocycles. The number of hydrogen-bond donors (Lipinski definition) is 1. The first-order valence-corrected chi connectivity index (χ1v) is 5.84. The van der Waals surface area contributed by atoms with Crippen LogP contribution in [0.5, 0.6) is 11.5 Å². The van der Waals surface area contributed by atoms with Gasteiger partial charge in [-0.2, -0.15) is 0 Å². The molecule has 0 bridgehead atoms. The molecule has 88 valence electrons. The number of nitrogen functional groups attached to an aromatic ring is 1. The molecule has 2 rings (SSSR count). The summed E-state index contributed by atoms with van der Waals surface area (Å²) < 4.78 is 19.2. The number of benzene rings is 2. The summed E-state index contributed by atoms with van der Waals surface area (Å²) in [6, 6.07) is 9.50. The first kappa shape index (κ1) is 11.9. The standard InChI is InChI=1S/C13H11BrFNO/c1-8-12(16)6-9(14)7-13(8)17-11-4-2-10(15)3-5-11/h2-7H,16H2,1H3. The van der Waals surface area contributed by atoms with Crippen molar-refractivity contribution in [2.75, 3.05) is 5.73 Å². The molecular weight excluding hydrogens is 285 g/mol. The van der Waals surface area contributed by atoms with Crippen LogP contribution in [0.3, 0.4) is 0 Å². The van der Waals surface area contributed by atoms with Crippen LogP contribution in [-0.4, -0.2) is 0 Å². The Morgan fingerprint density at radius 2 is 1.82 bits per heavy atom. The zero-order valence-electron chi connectivity index (χ0n) is 9.21. The lowest BCUT2D eigenvalue weighted by atomic mass is 10.2. The minimum Gasteiger partial charge on any atom is -0.457 e. The van der Waals surface area contributed by atoms with Crippen molar-refractivity contribution >= 4 is 21.6 Å². The third kappa shape index (κ3) is 2.77. The number of nitrogens with two attached hydrogens (primary N) is 1. The smallest absolute Gasteiger partial charge is 0.133 e. The minimum atomic E-state index is -0.289. The summed E-state index contributed by atoms with van der Waals surface area (Å²) in [6.45, 7) is 1.88. The summed E-state index contributed by atoms with van der Waals surface area (Å²) in [5, 5.41) is 0. The summed E-state index contributed by atoms with van der Waals surface area (Å²) in [7, 11) is 0. The molecule has 4 heteroatoms. The van der Waals surface area contributed by atoms with Crippen LogP contribution in [0.1, 0.15) is 5.56 Å². The predicted octanol–water partition coefficient (Wildman–Crippen LogP) is 4.27. The van der Waals surface area contributed by atoms with Crippen molar-refractivity contribution in [2.45, 2.75) is 6.92 Å². The quantitative estimate of drug-likeness (QED) is 0.840. The van der Waals surface area contributed by atoms with Crippen LogP contribution in [0, 0.1) is 12.7 Å². The molecule has 0 radical (unpaired) electrons. The fraction of sp³-hybridized carbons (Fsp3) is 0.0769. The van der Waals surface area contributed by atoms with Gasteiger partial charge in [-0.1, -0.05) is 15.9 Å². The topological polar surface area (TPSA) is 35.2 Å². The molecule has 2 nitrogen and oxygen atoms in total. The van der Waals surface area contributed by atoms with Crippen molar-refractivity contribution in [1.29, 1.82) is 0 Å². The van der Waals surface area contributed by atoms with Gasteiger partial charge in [0.15, 0.2) is 0 Å². The molecule has 0 atom stereocenters. The lowest BCUT2D eigenvalue weighted by Crippen LogP contribution is -1.94. The molecule has 0 aliphatic carbocycles. The van der Waals surface area contributed by atoms with Gasteiger partial charge in [-0.15, -0.1) is 0 Å². The predicted molar refractivity (Wildman–Crippen MR) is 69.8 cm³/mol. The zero-order chi connectivity index (χ0) is 12.4. The molecule has 0 fully saturated rings. The Morgan fingerprint density at radius 3 is 2.47 bits per heavy atom. The average molecular weight is 296 g/mol. The normalized spacial score (nSPS) is 10.3. The molecule has 0 saturated heterocycles. The summed E-state index contributed by atoms with van der Waals surface area (Å²) in [5.74, 6) is 0.943. The van der Waals surface area contributed by atoms with E-state index in [-0.39, 0.29) is 5.82 Å². The van der Waals surface area contributed by atoms with Gasteiger partial charge in [-0.3, -0.25) is 0 Å². The fourth-order valence-corrected chi connectivity index (χ4v) is 1.86. The molecule has 0 aromatic heterocycles. The molecule has 0 saturated carbocycles. The second-order valence-corrected chi connectivity index (χ2v) is 4.59. The maximum absolute atomic E-state index is 12.7. The van der Waals surface area contributed by atoms with E-state index >= 15 is 0 Å². The number of anilines is 1. The highest BCUT2D eigenvalue weighted by Crippen LogP contribution is 2.32. The summed E-state index contributed by atoms with van der Waals surface area (Å²) >= 11 is 3.35. The molecule has 0 heterocycles. The van der Waals surface area contributed by atoms with Crippen molar-refractivity contribution in [3.63, 3.8) is 0 Å². The van der Waals surface area contributed by atoms with E-state index in [2.05, 4.69) is 15.9 Å².